The predicted molar refractivity (Wildman–Crippen MR) is 127 cm³/mol. The van der Waals surface area contributed by atoms with Crippen LogP contribution < -0.4 is 4.74 Å². The van der Waals surface area contributed by atoms with E-state index in [-0.39, 0.29) is 22.3 Å². The molecule has 0 spiro atoms. The van der Waals surface area contributed by atoms with Crippen molar-refractivity contribution >= 4 is 11.4 Å². The smallest absolute Gasteiger partial charge is 0.417 e. The molecule has 39 heavy (non-hydrogen) atoms. The molecule has 0 bridgehead atoms. The fraction of sp³-hybridized carbons (Fsp3) is 0.0769. The van der Waals surface area contributed by atoms with E-state index in [0.717, 1.165) is 72.8 Å². The lowest BCUT2D eigenvalue weighted by atomic mass is 9.98. The number of alkyl halides is 6. The summed E-state index contributed by atoms with van der Waals surface area (Å²) in [6, 6.07) is 14.7. The zero-order valence-corrected chi connectivity index (χ0v) is 19.3. The highest BCUT2D eigenvalue weighted by Gasteiger charge is 2.35. The third-order valence-corrected chi connectivity index (χ3v) is 5.62. The summed E-state index contributed by atoms with van der Waals surface area (Å²) in [7, 11) is 0. The largest absolute Gasteiger partial charge is 0.443 e. The van der Waals surface area contributed by atoms with E-state index >= 15 is 0 Å². The van der Waals surface area contributed by atoms with Gasteiger partial charge in [0.1, 0.15) is 0 Å². The first kappa shape index (κ1) is 27.1. The standard InChI is InChI=1S/C26H14F6N2O5/c27-25(28,29)19-7-3-1-5-17(19)15-9-11-23(21(13-15)33(35)36)39-24-12-10-16(14-22(24)34(37)38)18-6-2-4-8-20(18)26(30,31)32/h1-14H. The highest BCUT2D eigenvalue weighted by atomic mass is 19.4. The number of nitrogens with zero attached hydrogens (tertiary/aromatic N) is 2. The van der Waals surface area contributed by atoms with E-state index in [4.69, 9.17) is 4.74 Å². The molecule has 200 valence electrons. The Balaban J connectivity index is 1.78. The summed E-state index contributed by atoms with van der Waals surface area (Å²) in [6.45, 7) is 0. The maximum absolute atomic E-state index is 13.4. The summed E-state index contributed by atoms with van der Waals surface area (Å²) < 4.78 is 86.1. The minimum Gasteiger partial charge on any atom is -0.443 e. The van der Waals surface area contributed by atoms with Crippen molar-refractivity contribution in [2.75, 3.05) is 0 Å². The first-order chi connectivity index (χ1) is 18.3. The molecule has 0 atom stereocenters. The van der Waals surface area contributed by atoms with Crippen LogP contribution in [0, 0.1) is 20.2 Å². The number of halogens is 6. The van der Waals surface area contributed by atoms with Gasteiger partial charge >= 0.3 is 23.7 Å². The molecule has 4 aromatic carbocycles. The fourth-order valence-corrected chi connectivity index (χ4v) is 3.91. The lowest BCUT2D eigenvalue weighted by Crippen LogP contribution is -2.07. The normalized spacial score (nSPS) is 11.7. The Morgan fingerprint density at radius 2 is 0.923 bits per heavy atom. The van der Waals surface area contributed by atoms with Crippen LogP contribution in [-0.2, 0) is 12.4 Å². The van der Waals surface area contributed by atoms with Crippen LogP contribution in [0.1, 0.15) is 11.1 Å². The summed E-state index contributed by atoms with van der Waals surface area (Å²) in [5, 5.41) is 23.5. The number of hydrogen-bond donors (Lipinski definition) is 0. The molecule has 0 heterocycles. The molecule has 0 fully saturated rings. The monoisotopic (exact) mass is 548 g/mol. The van der Waals surface area contributed by atoms with Gasteiger partial charge < -0.3 is 4.74 Å². The maximum Gasteiger partial charge on any atom is 0.417 e. The summed E-state index contributed by atoms with van der Waals surface area (Å²) in [6.07, 6.45) is -9.48. The van der Waals surface area contributed by atoms with Gasteiger partial charge in [0.25, 0.3) is 0 Å². The lowest BCUT2D eigenvalue weighted by Gasteiger charge is -2.14. The second-order valence-corrected chi connectivity index (χ2v) is 8.07. The second kappa shape index (κ2) is 10.1. The Bertz CT molecular complexity index is 1470. The van der Waals surface area contributed by atoms with Gasteiger partial charge in [-0.05, 0) is 46.5 Å². The van der Waals surface area contributed by atoms with Crippen molar-refractivity contribution in [3.8, 4) is 33.8 Å². The molecule has 4 rings (SSSR count). The molecule has 0 radical (unpaired) electrons. The summed E-state index contributed by atoms with van der Waals surface area (Å²) in [5.74, 6) is -1.06. The molecular weight excluding hydrogens is 534 g/mol. The average Bonchev–Trinajstić information content (AvgIpc) is 2.88. The van der Waals surface area contributed by atoms with Crippen molar-refractivity contribution < 1.29 is 40.9 Å². The summed E-state index contributed by atoms with van der Waals surface area (Å²) in [4.78, 5) is 21.6. The maximum atomic E-state index is 13.4. The molecule has 0 aliphatic heterocycles. The lowest BCUT2D eigenvalue weighted by molar-refractivity contribution is -0.387. The van der Waals surface area contributed by atoms with Gasteiger partial charge in [0.15, 0.2) is 0 Å². The van der Waals surface area contributed by atoms with Gasteiger partial charge in [0, 0.05) is 12.1 Å². The average molecular weight is 548 g/mol. The van der Waals surface area contributed by atoms with Crippen LogP contribution in [0.5, 0.6) is 11.5 Å². The van der Waals surface area contributed by atoms with Gasteiger partial charge in [-0.15, -0.1) is 0 Å². The molecular formula is C26H14F6N2O5. The van der Waals surface area contributed by atoms with Crippen LogP contribution >= 0.6 is 0 Å². The number of nitro benzene ring substituents is 2. The number of hydrogen-bond acceptors (Lipinski definition) is 5. The Hall–Kier alpha value is -4.94. The summed E-state index contributed by atoms with van der Waals surface area (Å²) in [5.41, 5.74) is -4.62. The molecule has 0 aliphatic carbocycles. The van der Waals surface area contributed by atoms with Crippen molar-refractivity contribution in [2.45, 2.75) is 12.4 Å². The Kier molecular flexibility index (Phi) is 7.01. The summed E-state index contributed by atoms with van der Waals surface area (Å²) >= 11 is 0. The van der Waals surface area contributed by atoms with E-state index < -0.39 is 56.2 Å². The molecule has 0 aliphatic rings. The Morgan fingerprint density at radius 1 is 0.564 bits per heavy atom. The van der Waals surface area contributed by atoms with Crippen molar-refractivity contribution in [3.05, 3.63) is 116 Å². The van der Waals surface area contributed by atoms with E-state index in [0.29, 0.717) is 0 Å². The molecule has 0 aromatic heterocycles. The quantitative estimate of drug-likeness (QED) is 0.136. The molecule has 0 amide bonds. The van der Waals surface area contributed by atoms with E-state index in [2.05, 4.69) is 0 Å². The van der Waals surface area contributed by atoms with Crippen LogP contribution in [0.15, 0.2) is 84.9 Å². The van der Waals surface area contributed by atoms with Crippen LogP contribution in [0.2, 0.25) is 0 Å². The zero-order chi connectivity index (χ0) is 28.5. The third-order valence-electron chi connectivity index (χ3n) is 5.62. The minimum atomic E-state index is -4.74. The SMILES string of the molecule is O=[N+]([O-])c1cc(-c2ccccc2C(F)(F)F)ccc1Oc1ccc(-c2ccccc2C(F)(F)F)cc1[N+](=O)[O-]. The van der Waals surface area contributed by atoms with E-state index in [9.17, 15) is 46.6 Å². The van der Waals surface area contributed by atoms with Crippen molar-refractivity contribution in [1.82, 2.24) is 0 Å². The highest BCUT2D eigenvalue weighted by molar-refractivity contribution is 5.74. The van der Waals surface area contributed by atoms with Crippen molar-refractivity contribution in [1.29, 1.82) is 0 Å². The molecule has 0 saturated heterocycles. The van der Waals surface area contributed by atoms with Crippen LogP contribution in [0.25, 0.3) is 22.3 Å². The number of ether oxygens (including phenoxy) is 1. The van der Waals surface area contributed by atoms with Crippen LogP contribution in [-0.4, -0.2) is 9.85 Å². The van der Waals surface area contributed by atoms with E-state index in [1.54, 1.807) is 0 Å². The Labute approximate surface area is 215 Å². The molecule has 13 heteroatoms. The number of nitro groups is 2. The van der Waals surface area contributed by atoms with Gasteiger partial charge in [0.2, 0.25) is 11.5 Å². The minimum absolute atomic E-state index is 0.157. The van der Waals surface area contributed by atoms with E-state index in [1.165, 1.54) is 12.1 Å². The first-order valence-corrected chi connectivity index (χ1v) is 10.9. The molecule has 0 N–H and O–H groups in total. The third kappa shape index (κ3) is 5.66. The van der Waals surface area contributed by atoms with Crippen molar-refractivity contribution in [3.63, 3.8) is 0 Å². The van der Waals surface area contributed by atoms with Gasteiger partial charge in [-0.1, -0.05) is 48.5 Å². The first-order valence-electron chi connectivity index (χ1n) is 10.9. The van der Waals surface area contributed by atoms with Gasteiger partial charge in [-0.25, -0.2) is 0 Å². The van der Waals surface area contributed by atoms with Crippen molar-refractivity contribution in [2.24, 2.45) is 0 Å². The molecule has 0 saturated carbocycles. The second-order valence-electron chi connectivity index (χ2n) is 8.07. The van der Waals surface area contributed by atoms with Gasteiger partial charge in [-0.3, -0.25) is 20.2 Å². The number of rotatable bonds is 6. The molecule has 0 unspecified atom stereocenters. The zero-order valence-electron chi connectivity index (χ0n) is 19.3. The van der Waals surface area contributed by atoms with Gasteiger partial charge in [-0.2, -0.15) is 26.3 Å². The van der Waals surface area contributed by atoms with E-state index in [1.807, 2.05) is 0 Å². The highest BCUT2D eigenvalue weighted by Crippen LogP contribution is 2.44. The number of benzene rings is 4. The fourth-order valence-electron chi connectivity index (χ4n) is 3.91. The predicted octanol–water partition coefficient (Wildman–Crippen LogP) is 8.67. The van der Waals surface area contributed by atoms with Gasteiger partial charge in [0.05, 0.1) is 21.0 Å². The van der Waals surface area contributed by atoms with Crippen LogP contribution in [0.3, 0.4) is 0 Å². The Morgan fingerprint density at radius 3 is 1.26 bits per heavy atom. The molecule has 7 nitrogen and oxygen atoms in total. The van der Waals surface area contributed by atoms with Crippen LogP contribution in [0.4, 0.5) is 37.7 Å². The molecule has 4 aromatic rings. The topological polar surface area (TPSA) is 95.5 Å².